The van der Waals surface area contributed by atoms with Gasteiger partial charge in [-0.25, -0.2) is 4.79 Å². The lowest BCUT2D eigenvalue weighted by molar-refractivity contribution is 0.203. The minimum atomic E-state index is -0.0751. The van der Waals surface area contributed by atoms with Gasteiger partial charge in [0.15, 0.2) is 0 Å². The summed E-state index contributed by atoms with van der Waals surface area (Å²) in [5.41, 5.74) is 0.830. The number of aromatic nitrogens is 3. The van der Waals surface area contributed by atoms with E-state index in [1.54, 1.807) is 29.4 Å². The first-order valence-corrected chi connectivity index (χ1v) is 7.00. The van der Waals surface area contributed by atoms with Gasteiger partial charge in [-0.1, -0.05) is 0 Å². The summed E-state index contributed by atoms with van der Waals surface area (Å²) in [7, 11) is 0. The molecule has 0 unspecified atom stereocenters. The van der Waals surface area contributed by atoms with Crippen molar-refractivity contribution < 1.29 is 9.21 Å². The largest absolute Gasteiger partial charge is 0.421 e. The van der Waals surface area contributed by atoms with Crippen molar-refractivity contribution in [2.75, 3.05) is 19.6 Å². The number of carbonyl (C=O) groups excluding carboxylic acids is 1. The van der Waals surface area contributed by atoms with Gasteiger partial charge in [-0.2, -0.15) is 0 Å². The number of hydrogen-bond donors (Lipinski definition) is 1. The van der Waals surface area contributed by atoms with E-state index in [1.165, 1.54) is 0 Å². The molecule has 0 radical (unpaired) electrons. The third kappa shape index (κ3) is 4.01. The molecule has 0 atom stereocenters. The number of hydrogen-bond acceptors (Lipinski definition) is 5. The van der Waals surface area contributed by atoms with E-state index in [1.807, 2.05) is 13.8 Å². The maximum Gasteiger partial charge on any atom is 0.317 e. The summed E-state index contributed by atoms with van der Waals surface area (Å²) in [6, 6.07) is 3.53. The molecule has 2 amide bonds. The van der Waals surface area contributed by atoms with E-state index in [9.17, 15) is 4.79 Å². The van der Waals surface area contributed by atoms with Gasteiger partial charge < -0.3 is 14.6 Å². The van der Waals surface area contributed by atoms with E-state index in [0.29, 0.717) is 37.8 Å². The Hall–Kier alpha value is -2.44. The van der Waals surface area contributed by atoms with E-state index in [4.69, 9.17) is 4.42 Å². The fraction of sp³-hybridized carbons (Fsp3) is 0.429. The van der Waals surface area contributed by atoms with Gasteiger partial charge in [-0.3, -0.25) is 4.98 Å². The lowest BCUT2D eigenvalue weighted by Gasteiger charge is -2.18. The molecule has 0 fully saturated rings. The Bertz CT molecular complexity index is 566. The average molecular weight is 289 g/mol. The number of rotatable bonds is 6. The molecule has 112 valence electrons. The molecule has 0 saturated carbocycles. The molecule has 2 rings (SSSR count). The zero-order chi connectivity index (χ0) is 15.1. The fourth-order valence-corrected chi connectivity index (χ4v) is 1.86. The van der Waals surface area contributed by atoms with Crippen LogP contribution in [0.2, 0.25) is 0 Å². The second-order valence-corrected chi connectivity index (χ2v) is 4.39. The number of nitrogens with zero attached hydrogens (tertiary/aromatic N) is 4. The van der Waals surface area contributed by atoms with Crippen LogP contribution in [-0.2, 0) is 6.42 Å². The van der Waals surface area contributed by atoms with Crippen LogP contribution >= 0.6 is 0 Å². The molecule has 0 aromatic carbocycles. The second kappa shape index (κ2) is 7.37. The summed E-state index contributed by atoms with van der Waals surface area (Å²) in [4.78, 5) is 17.4. The third-order valence-electron chi connectivity index (χ3n) is 3.06. The SMILES string of the molecule is CCN(CC)C(=O)NCCc1nnc(-c2ccncc2)o1. The molecule has 0 aliphatic carbocycles. The molecule has 0 spiro atoms. The van der Waals surface area contributed by atoms with Crippen LogP contribution in [0.5, 0.6) is 0 Å². The molecule has 0 saturated heterocycles. The first kappa shape index (κ1) is 15.0. The maximum atomic E-state index is 11.8. The Labute approximate surface area is 123 Å². The Kier molecular flexibility index (Phi) is 5.25. The van der Waals surface area contributed by atoms with Crippen LogP contribution in [-0.4, -0.2) is 45.7 Å². The Balaban J connectivity index is 1.85. The second-order valence-electron chi connectivity index (χ2n) is 4.39. The van der Waals surface area contributed by atoms with E-state index in [0.717, 1.165) is 5.56 Å². The Morgan fingerprint density at radius 2 is 1.95 bits per heavy atom. The molecule has 0 aliphatic rings. The zero-order valence-corrected chi connectivity index (χ0v) is 12.2. The maximum absolute atomic E-state index is 11.8. The summed E-state index contributed by atoms with van der Waals surface area (Å²) in [6.45, 7) is 5.74. The van der Waals surface area contributed by atoms with Crippen molar-refractivity contribution >= 4 is 6.03 Å². The summed E-state index contributed by atoms with van der Waals surface area (Å²) < 4.78 is 5.55. The van der Waals surface area contributed by atoms with Crippen LogP contribution < -0.4 is 5.32 Å². The fourth-order valence-electron chi connectivity index (χ4n) is 1.86. The minimum Gasteiger partial charge on any atom is -0.421 e. The van der Waals surface area contributed by atoms with Gasteiger partial charge >= 0.3 is 6.03 Å². The van der Waals surface area contributed by atoms with Crippen molar-refractivity contribution in [1.82, 2.24) is 25.4 Å². The summed E-state index contributed by atoms with van der Waals surface area (Å²) in [5, 5.41) is 10.8. The third-order valence-corrected chi connectivity index (χ3v) is 3.06. The topological polar surface area (TPSA) is 84.2 Å². The van der Waals surface area contributed by atoms with Gasteiger partial charge in [0.05, 0.1) is 0 Å². The molecule has 21 heavy (non-hydrogen) atoms. The van der Waals surface area contributed by atoms with Gasteiger partial charge in [0.25, 0.3) is 0 Å². The lowest BCUT2D eigenvalue weighted by Crippen LogP contribution is -2.40. The van der Waals surface area contributed by atoms with Crippen molar-refractivity contribution in [3.63, 3.8) is 0 Å². The highest BCUT2D eigenvalue weighted by Crippen LogP contribution is 2.16. The number of pyridine rings is 1. The van der Waals surface area contributed by atoms with Crippen LogP contribution in [0.3, 0.4) is 0 Å². The predicted octanol–water partition coefficient (Wildman–Crippen LogP) is 1.73. The minimum absolute atomic E-state index is 0.0751. The van der Waals surface area contributed by atoms with Crippen molar-refractivity contribution in [2.24, 2.45) is 0 Å². The Morgan fingerprint density at radius 3 is 2.62 bits per heavy atom. The molecule has 2 aromatic rings. The molecule has 2 heterocycles. The van der Waals surface area contributed by atoms with Crippen molar-refractivity contribution in [3.05, 3.63) is 30.4 Å². The number of carbonyl (C=O) groups is 1. The smallest absolute Gasteiger partial charge is 0.317 e. The highest BCUT2D eigenvalue weighted by Gasteiger charge is 2.11. The van der Waals surface area contributed by atoms with Crippen LogP contribution in [0.4, 0.5) is 4.79 Å². The van der Waals surface area contributed by atoms with Crippen LogP contribution in [0, 0.1) is 0 Å². The standard InChI is InChI=1S/C14H19N5O2/c1-3-19(4-2)14(20)16-10-7-12-17-18-13(21-12)11-5-8-15-9-6-11/h5-6,8-9H,3-4,7,10H2,1-2H3,(H,16,20). The van der Waals surface area contributed by atoms with Crippen molar-refractivity contribution in [2.45, 2.75) is 20.3 Å². The normalized spacial score (nSPS) is 10.4. The quantitative estimate of drug-likeness (QED) is 0.875. The highest BCUT2D eigenvalue weighted by atomic mass is 16.4. The van der Waals surface area contributed by atoms with E-state index < -0.39 is 0 Å². The molecule has 0 bridgehead atoms. The first-order valence-electron chi connectivity index (χ1n) is 7.00. The highest BCUT2D eigenvalue weighted by molar-refractivity contribution is 5.74. The van der Waals surface area contributed by atoms with Crippen molar-refractivity contribution in [3.8, 4) is 11.5 Å². The summed E-state index contributed by atoms with van der Waals surface area (Å²) in [5.74, 6) is 0.962. The molecular formula is C14H19N5O2. The number of amides is 2. The number of urea groups is 1. The zero-order valence-electron chi connectivity index (χ0n) is 12.2. The van der Waals surface area contributed by atoms with E-state index >= 15 is 0 Å². The first-order chi connectivity index (χ1) is 10.2. The van der Waals surface area contributed by atoms with Crippen molar-refractivity contribution in [1.29, 1.82) is 0 Å². The molecular weight excluding hydrogens is 270 g/mol. The average Bonchev–Trinajstić information content (AvgIpc) is 2.98. The molecule has 1 N–H and O–H groups in total. The van der Waals surface area contributed by atoms with E-state index in [-0.39, 0.29) is 6.03 Å². The lowest BCUT2D eigenvalue weighted by atomic mass is 10.3. The molecule has 7 nitrogen and oxygen atoms in total. The number of nitrogens with one attached hydrogen (secondary N) is 1. The van der Waals surface area contributed by atoms with Gasteiger partial charge in [-0.15, -0.1) is 10.2 Å². The predicted molar refractivity (Wildman–Crippen MR) is 77.6 cm³/mol. The van der Waals surface area contributed by atoms with Gasteiger partial charge in [0, 0.05) is 44.0 Å². The van der Waals surface area contributed by atoms with Gasteiger partial charge in [0.2, 0.25) is 11.8 Å². The van der Waals surface area contributed by atoms with E-state index in [2.05, 4.69) is 20.5 Å². The molecule has 2 aromatic heterocycles. The summed E-state index contributed by atoms with van der Waals surface area (Å²) in [6.07, 6.45) is 3.85. The van der Waals surface area contributed by atoms with Crippen LogP contribution in [0.15, 0.2) is 28.9 Å². The van der Waals surface area contributed by atoms with Gasteiger partial charge in [0.1, 0.15) is 0 Å². The van der Waals surface area contributed by atoms with Crippen LogP contribution in [0.1, 0.15) is 19.7 Å². The summed E-state index contributed by atoms with van der Waals surface area (Å²) >= 11 is 0. The van der Waals surface area contributed by atoms with Crippen LogP contribution in [0.25, 0.3) is 11.5 Å². The molecule has 0 aliphatic heterocycles. The molecule has 7 heteroatoms. The Morgan fingerprint density at radius 1 is 1.24 bits per heavy atom. The monoisotopic (exact) mass is 289 g/mol. The van der Waals surface area contributed by atoms with Gasteiger partial charge in [-0.05, 0) is 26.0 Å².